The van der Waals surface area contributed by atoms with Gasteiger partial charge in [-0.3, -0.25) is 14.0 Å². The molecule has 1 amide bonds. The van der Waals surface area contributed by atoms with E-state index in [4.69, 9.17) is 5.73 Å². The molecule has 0 aliphatic carbocycles. The minimum absolute atomic E-state index is 0.113. The average molecular weight is 427 g/mol. The van der Waals surface area contributed by atoms with Crippen LogP contribution in [0.4, 0.5) is 0 Å². The Balaban J connectivity index is 1.62. The Morgan fingerprint density at radius 1 is 1.24 bits per heavy atom. The Kier molecular flexibility index (Phi) is 5.45. The molecule has 0 aliphatic heterocycles. The first-order valence-electron chi connectivity index (χ1n) is 8.89. The first kappa shape index (κ1) is 19.3. The summed E-state index contributed by atoms with van der Waals surface area (Å²) >= 11 is 2.97. The molecule has 8 nitrogen and oxygen atoms in total. The van der Waals surface area contributed by atoms with Crippen molar-refractivity contribution in [3.8, 4) is 10.7 Å². The number of nitrogens with zero attached hydrogens (tertiary/aromatic N) is 5. The van der Waals surface area contributed by atoms with Crippen LogP contribution >= 0.6 is 23.1 Å². The fraction of sp³-hybridized carbons (Fsp3) is 0.211. The Morgan fingerprint density at radius 3 is 2.86 bits per heavy atom. The Bertz CT molecular complexity index is 1230. The number of hydrogen-bond donors (Lipinski definition) is 1. The van der Waals surface area contributed by atoms with Gasteiger partial charge in [0.05, 0.1) is 10.6 Å². The van der Waals surface area contributed by atoms with Crippen LogP contribution in [-0.2, 0) is 17.1 Å². The van der Waals surface area contributed by atoms with Crippen LogP contribution in [-0.4, -0.2) is 30.1 Å². The lowest BCUT2D eigenvalue weighted by atomic mass is 10.3. The van der Waals surface area contributed by atoms with Crippen molar-refractivity contribution in [3.05, 3.63) is 63.5 Å². The highest BCUT2D eigenvalue weighted by Gasteiger charge is 2.16. The van der Waals surface area contributed by atoms with Gasteiger partial charge in [0.1, 0.15) is 5.65 Å². The Hall–Kier alpha value is -2.98. The maximum absolute atomic E-state index is 12.5. The van der Waals surface area contributed by atoms with E-state index in [2.05, 4.69) is 15.2 Å². The highest BCUT2D eigenvalue weighted by Crippen LogP contribution is 2.28. The van der Waals surface area contributed by atoms with E-state index in [1.165, 1.54) is 17.8 Å². The molecule has 0 spiro atoms. The largest absolute Gasteiger partial charge is 0.370 e. The molecular formula is C19H18N6O2S2. The van der Waals surface area contributed by atoms with Gasteiger partial charge in [0.15, 0.2) is 11.0 Å². The molecule has 0 radical (unpaired) electrons. The van der Waals surface area contributed by atoms with E-state index in [9.17, 15) is 9.59 Å². The topological polar surface area (TPSA) is 108 Å². The van der Waals surface area contributed by atoms with Crippen LogP contribution in [0.1, 0.15) is 17.8 Å². The molecule has 0 fully saturated rings. The van der Waals surface area contributed by atoms with Crippen molar-refractivity contribution in [2.75, 3.05) is 0 Å². The van der Waals surface area contributed by atoms with Gasteiger partial charge < -0.3 is 10.3 Å². The minimum Gasteiger partial charge on any atom is -0.370 e. The van der Waals surface area contributed by atoms with E-state index in [-0.39, 0.29) is 17.9 Å². The molecule has 0 aliphatic rings. The Labute approximate surface area is 174 Å². The summed E-state index contributed by atoms with van der Waals surface area (Å²) in [5.41, 5.74) is 7.33. The van der Waals surface area contributed by atoms with Crippen LogP contribution in [0.5, 0.6) is 0 Å². The monoisotopic (exact) mass is 426 g/mol. The molecule has 0 aromatic carbocycles. The summed E-state index contributed by atoms with van der Waals surface area (Å²) in [5.74, 6) is 0.774. The normalized spacial score (nSPS) is 11.2. The highest BCUT2D eigenvalue weighted by atomic mass is 32.2. The number of fused-ring (bicyclic) bond motifs is 1. The number of thiophene rings is 1. The number of aromatic nitrogens is 5. The summed E-state index contributed by atoms with van der Waals surface area (Å²) < 4.78 is 3.47. The van der Waals surface area contributed by atoms with Crippen molar-refractivity contribution in [1.29, 1.82) is 0 Å². The van der Waals surface area contributed by atoms with E-state index >= 15 is 0 Å². The second-order valence-corrected chi connectivity index (χ2v) is 8.28. The number of rotatable bonds is 7. The van der Waals surface area contributed by atoms with Crippen molar-refractivity contribution >= 4 is 34.7 Å². The van der Waals surface area contributed by atoms with Gasteiger partial charge in [-0.05, 0) is 30.5 Å². The number of amides is 1. The van der Waals surface area contributed by atoms with Crippen LogP contribution in [0.15, 0.2) is 51.7 Å². The first-order chi connectivity index (χ1) is 14.0. The van der Waals surface area contributed by atoms with Crippen molar-refractivity contribution in [1.82, 2.24) is 24.1 Å². The summed E-state index contributed by atoms with van der Waals surface area (Å²) in [6.45, 7) is 2.27. The SMILES string of the molecule is Cc1cccc2nc(CSc3nnc(-c4cccs4)n3CCC(N)=O)cc(=O)n12. The molecule has 4 aromatic heterocycles. The third kappa shape index (κ3) is 4.08. The Morgan fingerprint density at radius 2 is 2.10 bits per heavy atom. The smallest absolute Gasteiger partial charge is 0.258 e. The van der Waals surface area contributed by atoms with Gasteiger partial charge in [0, 0.05) is 30.5 Å². The molecule has 0 bridgehead atoms. The van der Waals surface area contributed by atoms with Crippen LogP contribution in [0.2, 0.25) is 0 Å². The van der Waals surface area contributed by atoms with Crippen LogP contribution in [0.25, 0.3) is 16.3 Å². The molecule has 10 heteroatoms. The van der Waals surface area contributed by atoms with Crippen molar-refractivity contribution in [2.45, 2.75) is 30.8 Å². The van der Waals surface area contributed by atoms with Crippen LogP contribution in [0, 0.1) is 6.92 Å². The standard InChI is InChI=1S/C19H18N6O2S2/c1-12-4-2-6-16-21-13(10-17(27)25(12)16)11-29-19-23-22-18(14-5-3-9-28-14)24(19)8-7-15(20)26/h2-6,9-10H,7-8,11H2,1H3,(H2,20,26). The van der Waals surface area contributed by atoms with Gasteiger partial charge >= 0.3 is 0 Å². The van der Waals surface area contributed by atoms with Crippen molar-refractivity contribution < 1.29 is 4.79 Å². The number of pyridine rings is 1. The lowest BCUT2D eigenvalue weighted by molar-refractivity contribution is -0.118. The van der Waals surface area contributed by atoms with Crippen LogP contribution in [0.3, 0.4) is 0 Å². The van der Waals surface area contributed by atoms with Gasteiger partial charge in [0.25, 0.3) is 5.56 Å². The summed E-state index contributed by atoms with van der Waals surface area (Å²) in [6, 6.07) is 11.0. The number of nitrogens with two attached hydrogens (primary N) is 1. The van der Waals surface area contributed by atoms with Crippen molar-refractivity contribution in [3.63, 3.8) is 0 Å². The van der Waals surface area contributed by atoms with Crippen LogP contribution < -0.4 is 11.3 Å². The number of thioether (sulfide) groups is 1. The predicted octanol–water partition coefficient (Wildman–Crippen LogP) is 2.49. The second kappa shape index (κ2) is 8.18. The third-order valence-electron chi connectivity index (χ3n) is 4.32. The summed E-state index contributed by atoms with van der Waals surface area (Å²) in [6.07, 6.45) is 0.193. The number of carbonyl (C=O) groups is 1. The average Bonchev–Trinajstić information content (AvgIpc) is 3.34. The predicted molar refractivity (Wildman–Crippen MR) is 113 cm³/mol. The molecule has 4 aromatic rings. The summed E-state index contributed by atoms with van der Waals surface area (Å²) in [5, 5.41) is 11.2. The molecule has 0 unspecified atom stereocenters. The molecule has 0 saturated heterocycles. The zero-order valence-electron chi connectivity index (χ0n) is 15.6. The van der Waals surface area contributed by atoms with Gasteiger partial charge in [-0.25, -0.2) is 4.98 Å². The van der Waals surface area contributed by atoms with Gasteiger partial charge in [-0.1, -0.05) is 23.9 Å². The molecular weight excluding hydrogens is 408 g/mol. The van der Waals surface area contributed by atoms with E-state index in [1.54, 1.807) is 15.7 Å². The lowest BCUT2D eigenvalue weighted by Gasteiger charge is -2.09. The first-order valence-corrected chi connectivity index (χ1v) is 10.8. The number of hydrogen-bond acceptors (Lipinski definition) is 7. The summed E-state index contributed by atoms with van der Waals surface area (Å²) in [4.78, 5) is 29.3. The molecule has 4 rings (SSSR count). The van der Waals surface area contributed by atoms with Gasteiger partial charge in [-0.15, -0.1) is 21.5 Å². The highest BCUT2D eigenvalue weighted by molar-refractivity contribution is 7.98. The maximum Gasteiger partial charge on any atom is 0.258 e. The third-order valence-corrected chi connectivity index (χ3v) is 6.19. The van der Waals surface area contributed by atoms with E-state index < -0.39 is 0 Å². The maximum atomic E-state index is 12.5. The molecule has 29 heavy (non-hydrogen) atoms. The molecule has 0 atom stereocenters. The molecule has 4 heterocycles. The van der Waals surface area contributed by atoms with Crippen molar-refractivity contribution in [2.24, 2.45) is 5.73 Å². The minimum atomic E-state index is -0.383. The van der Waals surface area contributed by atoms with Gasteiger partial charge in [0.2, 0.25) is 5.91 Å². The summed E-state index contributed by atoms with van der Waals surface area (Å²) in [7, 11) is 0. The second-order valence-electron chi connectivity index (χ2n) is 6.39. The van der Waals surface area contributed by atoms with E-state index in [0.29, 0.717) is 34.6 Å². The number of carbonyl (C=O) groups excluding carboxylic acids is 1. The zero-order valence-corrected chi connectivity index (χ0v) is 17.2. The fourth-order valence-electron chi connectivity index (χ4n) is 2.98. The molecule has 0 saturated carbocycles. The van der Waals surface area contributed by atoms with Gasteiger partial charge in [-0.2, -0.15) is 0 Å². The molecule has 2 N–H and O–H groups in total. The number of aryl methyl sites for hydroxylation is 1. The molecule has 148 valence electrons. The lowest BCUT2D eigenvalue weighted by Crippen LogP contribution is -2.17. The van der Waals surface area contributed by atoms with E-state index in [1.807, 2.05) is 47.2 Å². The van der Waals surface area contributed by atoms with E-state index in [0.717, 1.165) is 10.6 Å². The quantitative estimate of drug-likeness (QED) is 0.455. The number of primary amides is 1. The zero-order chi connectivity index (χ0) is 20.4. The fourth-order valence-corrected chi connectivity index (χ4v) is 4.56.